The minimum atomic E-state index is -1.65. The largest absolute Gasteiger partial charge is 0.457 e. The van der Waals surface area contributed by atoms with Gasteiger partial charge in [0.15, 0.2) is 12.4 Å². The van der Waals surface area contributed by atoms with Crippen LogP contribution in [0, 0.1) is 34.5 Å². The van der Waals surface area contributed by atoms with Crippen molar-refractivity contribution >= 4 is 17.5 Å². The summed E-state index contributed by atoms with van der Waals surface area (Å²) in [5, 5.41) is 23.1. The Bertz CT molecular complexity index is 906. The van der Waals surface area contributed by atoms with E-state index in [-0.39, 0.29) is 48.9 Å². The summed E-state index contributed by atoms with van der Waals surface area (Å²) in [6.07, 6.45) is 6.67. The quantitative estimate of drug-likeness (QED) is 0.586. The van der Waals surface area contributed by atoms with Gasteiger partial charge in [-0.2, -0.15) is 0 Å². The van der Waals surface area contributed by atoms with Gasteiger partial charge in [0.2, 0.25) is 5.78 Å². The Morgan fingerprint density at radius 3 is 2.70 bits per heavy atom. The Kier molecular flexibility index (Phi) is 6.21. The molecule has 4 aliphatic rings. The highest BCUT2D eigenvalue weighted by Crippen LogP contribution is 2.67. The standard InChI is InChI=1S/C26H36O7/c1-15-11-17-18-6-9-26(31,21(29)14-33-22(30)7-10-32-4)25(18,3)13-20(28)23(17)24(2)8-5-16(27)12-19(15)24/h5,8,12,15,17-18,20,23,28,31H,6-7,9-11,13-14H2,1-4H3/t15?,17-,18-,20?,23+,24-,25-,26-/m0/s1. The molecule has 33 heavy (non-hydrogen) atoms. The number of carbonyl (C=O) groups is 3. The molecule has 0 aliphatic heterocycles. The molecule has 0 radical (unpaired) electrons. The molecule has 2 unspecified atom stereocenters. The van der Waals surface area contributed by atoms with Crippen LogP contribution in [0.1, 0.15) is 52.9 Å². The summed E-state index contributed by atoms with van der Waals surface area (Å²) in [5.41, 5.74) is -1.80. The first-order valence-corrected chi connectivity index (χ1v) is 12.0. The maximum absolute atomic E-state index is 13.2. The second-order valence-electron chi connectivity index (χ2n) is 11.0. The lowest BCUT2D eigenvalue weighted by Crippen LogP contribution is -2.62. The maximum atomic E-state index is 13.2. The van der Waals surface area contributed by atoms with Crippen LogP contribution in [0.15, 0.2) is 23.8 Å². The molecule has 182 valence electrons. The number of Topliss-reactive ketones (excluding diaryl/α,β-unsaturated/α-hetero) is 1. The van der Waals surface area contributed by atoms with Gasteiger partial charge in [-0.3, -0.25) is 14.4 Å². The van der Waals surface area contributed by atoms with E-state index in [1.165, 1.54) is 7.11 Å². The van der Waals surface area contributed by atoms with E-state index in [2.05, 4.69) is 13.8 Å². The summed E-state index contributed by atoms with van der Waals surface area (Å²) in [5.74, 6) is -0.788. The number of allylic oxidation sites excluding steroid dienone is 4. The number of aliphatic hydroxyl groups excluding tert-OH is 1. The van der Waals surface area contributed by atoms with Gasteiger partial charge in [-0.05, 0) is 55.6 Å². The van der Waals surface area contributed by atoms with Crippen LogP contribution in [0.3, 0.4) is 0 Å². The Balaban J connectivity index is 1.59. The topological polar surface area (TPSA) is 110 Å². The number of esters is 1. The monoisotopic (exact) mass is 460 g/mol. The molecule has 4 aliphatic carbocycles. The van der Waals surface area contributed by atoms with E-state index in [1.807, 2.05) is 13.0 Å². The van der Waals surface area contributed by atoms with E-state index in [0.717, 1.165) is 12.0 Å². The average Bonchev–Trinajstić information content (AvgIpc) is 3.03. The highest BCUT2D eigenvalue weighted by Gasteiger charge is 2.68. The van der Waals surface area contributed by atoms with Crippen LogP contribution in [-0.4, -0.2) is 59.8 Å². The van der Waals surface area contributed by atoms with Crippen molar-refractivity contribution in [3.8, 4) is 0 Å². The number of fused-ring (bicyclic) bond motifs is 5. The SMILES string of the molecule is COCCC(=O)OCC(=O)[C@@]1(O)CC[C@H]2[C@@H]3CC(C)C4=CC(=O)C=C[C@]4(C)[C@H]3C(O)C[C@@]21C. The number of ketones is 2. The summed E-state index contributed by atoms with van der Waals surface area (Å²) in [7, 11) is 1.48. The van der Waals surface area contributed by atoms with E-state index in [1.54, 1.807) is 12.2 Å². The van der Waals surface area contributed by atoms with Crippen molar-refractivity contribution in [1.82, 2.24) is 0 Å². The fourth-order valence-electron chi connectivity index (χ4n) is 7.74. The molecule has 4 rings (SSSR count). The Labute approximate surface area is 195 Å². The molecule has 0 aromatic heterocycles. The number of rotatable bonds is 6. The zero-order valence-corrected chi connectivity index (χ0v) is 20.0. The van der Waals surface area contributed by atoms with Crippen LogP contribution >= 0.6 is 0 Å². The molecule has 0 saturated heterocycles. The van der Waals surface area contributed by atoms with E-state index >= 15 is 0 Å². The lowest BCUT2D eigenvalue weighted by Gasteiger charge is -2.60. The van der Waals surface area contributed by atoms with Crippen molar-refractivity contribution in [2.75, 3.05) is 20.3 Å². The van der Waals surface area contributed by atoms with Crippen LogP contribution in [0.5, 0.6) is 0 Å². The van der Waals surface area contributed by atoms with Gasteiger partial charge in [0.1, 0.15) is 5.60 Å². The maximum Gasteiger partial charge on any atom is 0.308 e. The third-order valence-corrected chi connectivity index (χ3v) is 9.30. The summed E-state index contributed by atoms with van der Waals surface area (Å²) in [6.45, 7) is 5.87. The first kappa shape index (κ1) is 24.3. The number of ether oxygens (including phenoxy) is 2. The molecule has 0 heterocycles. The summed E-state index contributed by atoms with van der Waals surface area (Å²) in [6, 6.07) is 0. The zero-order valence-electron chi connectivity index (χ0n) is 20.0. The predicted octanol–water partition coefficient (Wildman–Crippen LogP) is 2.39. The number of hydrogen-bond donors (Lipinski definition) is 2. The number of aliphatic hydroxyl groups is 2. The highest BCUT2D eigenvalue weighted by molar-refractivity contribution is 6.01. The lowest BCUT2D eigenvalue weighted by molar-refractivity contribution is -0.182. The Hall–Kier alpha value is -1.83. The van der Waals surface area contributed by atoms with Crippen LogP contribution in [0.4, 0.5) is 0 Å². The van der Waals surface area contributed by atoms with Crippen molar-refractivity contribution < 1.29 is 34.1 Å². The van der Waals surface area contributed by atoms with E-state index in [0.29, 0.717) is 12.8 Å². The van der Waals surface area contributed by atoms with Gasteiger partial charge in [-0.15, -0.1) is 0 Å². The molecule has 2 N–H and O–H groups in total. The van der Waals surface area contributed by atoms with E-state index in [4.69, 9.17) is 9.47 Å². The van der Waals surface area contributed by atoms with Crippen molar-refractivity contribution in [3.63, 3.8) is 0 Å². The second kappa shape index (κ2) is 8.43. The minimum Gasteiger partial charge on any atom is -0.457 e. The summed E-state index contributed by atoms with van der Waals surface area (Å²) >= 11 is 0. The molecule has 0 aromatic rings. The molecular formula is C26H36O7. The molecule has 7 heteroatoms. The summed E-state index contributed by atoms with van der Waals surface area (Å²) < 4.78 is 9.97. The Morgan fingerprint density at radius 1 is 1.27 bits per heavy atom. The van der Waals surface area contributed by atoms with Gasteiger partial charge in [0.25, 0.3) is 0 Å². The summed E-state index contributed by atoms with van der Waals surface area (Å²) in [4.78, 5) is 37.1. The van der Waals surface area contributed by atoms with Crippen molar-refractivity contribution in [2.24, 2.45) is 34.5 Å². The molecule has 0 spiro atoms. The van der Waals surface area contributed by atoms with Crippen LogP contribution in [0.2, 0.25) is 0 Å². The van der Waals surface area contributed by atoms with Crippen LogP contribution in [0.25, 0.3) is 0 Å². The van der Waals surface area contributed by atoms with Crippen molar-refractivity contribution in [3.05, 3.63) is 23.8 Å². The normalized spacial score (nSPS) is 43.9. The number of hydrogen-bond acceptors (Lipinski definition) is 7. The third-order valence-electron chi connectivity index (χ3n) is 9.30. The zero-order chi connectivity index (χ0) is 24.2. The fraction of sp³-hybridized carbons (Fsp3) is 0.731. The van der Waals surface area contributed by atoms with Crippen LogP contribution < -0.4 is 0 Å². The first-order valence-electron chi connectivity index (χ1n) is 12.0. The molecule has 7 nitrogen and oxygen atoms in total. The smallest absolute Gasteiger partial charge is 0.308 e. The average molecular weight is 461 g/mol. The fourth-order valence-corrected chi connectivity index (χ4v) is 7.74. The number of methoxy groups -OCH3 is 1. The van der Waals surface area contributed by atoms with Gasteiger partial charge in [0.05, 0.1) is 19.1 Å². The predicted molar refractivity (Wildman–Crippen MR) is 120 cm³/mol. The van der Waals surface area contributed by atoms with Gasteiger partial charge in [-0.25, -0.2) is 0 Å². The number of carbonyl (C=O) groups excluding carboxylic acids is 3. The third kappa shape index (κ3) is 3.63. The molecule has 8 atom stereocenters. The Morgan fingerprint density at radius 2 is 2.00 bits per heavy atom. The van der Waals surface area contributed by atoms with Crippen molar-refractivity contribution in [1.29, 1.82) is 0 Å². The molecule has 0 aromatic carbocycles. The lowest BCUT2D eigenvalue weighted by atomic mass is 9.45. The molecule has 3 fully saturated rings. The van der Waals surface area contributed by atoms with Gasteiger partial charge in [0, 0.05) is 23.9 Å². The van der Waals surface area contributed by atoms with E-state index < -0.39 is 40.9 Å². The molecule has 0 amide bonds. The van der Waals surface area contributed by atoms with Gasteiger partial charge in [-0.1, -0.05) is 32.4 Å². The molecule has 0 bridgehead atoms. The van der Waals surface area contributed by atoms with Crippen LogP contribution in [-0.2, 0) is 23.9 Å². The van der Waals surface area contributed by atoms with E-state index in [9.17, 15) is 24.6 Å². The highest BCUT2D eigenvalue weighted by atomic mass is 16.5. The van der Waals surface area contributed by atoms with Gasteiger partial charge >= 0.3 is 5.97 Å². The second-order valence-corrected chi connectivity index (χ2v) is 11.0. The molecular weight excluding hydrogens is 424 g/mol. The first-order chi connectivity index (χ1) is 15.5. The van der Waals surface area contributed by atoms with Gasteiger partial charge < -0.3 is 19.7 Å². The minimum absolute atomic E-state index is 0.0104. The van der Waals surface area contributed by atoms with Crippen molar-refractivity contribution in [2.45, 2.75) is 64.6 Å². The molecule has 3 saturated carbocycles.